The Bertz CT molecular complexity index is 1150. The number of ether oxygens (including phenoxy) is 1. The lowest BCUT2D eigenvalue weighted by Gasteiger charge is -2.30. The number of nitrogens with one attached hydrogen (secondary N) is 1. The van der Waals surface area contributed by atoms with Crippen molar-refractivity contribution >= 4 is 23.7 Å². The number of Topliss-reactive ketones (excluding diaryl/α,β-unsaturated/α-hetero) is 1. The van der Waals surface area contributed by atoms with Gasteiger partial charge in [0, 0.05) is 30.0 Å². The number of nitrogens with zero attached hydrogens (tertiary/aromatic N) is 2. The summed E-state index contributed by atoms with van der Waals surface area (Å²) in [6, 6.07) is 7.44. The van der Waals surface area contributed by atoms with E-state index in [4.69, 9.17) is 4.74 Å². The molecule has 1 aliphatic heterocycles. The molecule has 1 saturated carbocycles. The summed E-state index contributed by atoms with van der Waals surface area (Å²) in [7, 11) is 0. The number of halogens is 1. The largest absolute Gasteiger partial charge is 0.457 e. The van der Waals surface area contributed by atoms with Crippen LogP contribution in [0.2, 0.25) is 0 Å². The number of imide groups is 1. The fourth-order valence-electron chi connectivity index (χ4n) is 4.97. The SMILES string of the molecule is Cc1cc(C(=O)COC(=O)CCN2C(=O)NC3(CCCCC3)C2=O)c(C)n1Cc1ccc(F)cc1. The van der Waals surface area contributed by atoms with E-state index >= 15 is 0 Å². The molecule has 1 aromatic carbocycles. The van der Waals surface area contributed by atoms with Crippen molar-refractivity contribution < 1.29 is 28.3 Å². The number of ketones is 1. The number of esters is 1. The second-order valence-corrected chi connectivity index (χ2v) is 9.36. The van der Waals surface area contributed by atoms with E-state index in [9.17, 15) is 23.6 Å². The van der Waals surface area contributed by atoms with Gasteiger partial charge in [-0.1, -0.05) is 31.4 Å². The van der Waals surface area contributed by atoms with Crippen molar-refractivity contribution in [3.8, 4) is 0 Å². The monoisotopic (exact) mass is 483 g/mol. The smallest absolute Gasteiger partial charge is 0.325 e. The van der Waals surface area contributed by atoms with Gasteiger partial charge in [0.15, 0.2) is 6.61 Å². The number of benzene rings is 1. The fraction of sp³-hybridized carbons (Fsp3) is 0.462. The number of aryl methyl sites for hydroxylation is 1. The van der Waals surface area contributed by atoms with Crippen LogP contribution < -0.4 is 5.32 Å². The van der Waals surface area contributed by atoms with Crippen LogP contribution in [0.1, 0.15) is 65.8 Å². The Balaban J connectivity index is 1.30. The lowest BCUT2D eigenvalue weighted by molar-refractivity contribution is -0.143. The molecule has 9 heteroatoms. The summed E-state index contributed by atoms with van der Waals surface area (Å²) >= 11 is 0. The number of hydrogen-bond acceptors (Lipinski definition) is 5. The molecule has 2 aromatic rings. The molecule has 4 rings (SSSR count). The van der Waals surface area contributed by atoms with Crippen LogP contribution in [0.4, 0.5) is 9.18 Å². The Kier molecular flexibility index (Phi) is 7.05. The first-order chi connectivity index (χ1) is 16.7. The Labute approximate surface area is 203 Å². The normalized spacial score (nSPS) is 17.1. The molecular formula is C26H30FN3O5. The minimum atomic E-state index is -0.828. The molecule has 8 nitrogen and oxygen atoms in total. The zero-order chi connectivity index (χ0) is 25.2. The molecule has 1 N–H and O–H groups in total. The second kappa shape index (κ2) is 10.0. The predicted molar refractivity (Wildman–Crippen MR) is 125 cm³/mol. The minimum Gasteiger partial charge on any atom is -0.457 e. The molecule has 1 spiro atoms. The Morgan fingerprint density at radius 2 is 1.77 bits per heavy atom. The average Bonchev–Trinajstić information content (AvgIpc) is 3.24. The van der Waals surface area contributed by atoms with Gasteiger partial charge in [0.2, 0.25) is 5.78 Å². The van der Waals surface area contributed by atoms with Gasteiger partial charge in [0.05, 0.1) is 6.42 Å². The lowest BCUT2D eigenvalue weighted by atomic mass is 9.82. The molecule has 1 saturated heterocycles. The Morgan fingerprint density at radius 1 is 1.09 bits per heavy atom. The van der Waals surface area contributed by atoms with Gasteiger partial charge in [-0.2, -0.15) is 0 Å². The van der Waals surface area contributed by atoms with E-state index in [1.807, 2.05) is 18.4 Å². The number of hydrogen-bond donors (Lipinski definition) is 1. The van der Waals surface area contributed by atoms with Gasteiger partial charge in [0.1, 0.15) is 11.4 Å². The van der Waals surface area contributed by atoms with Crippen molar-refractivity contribution in [2.75, 3.05) is 13.2 Å². The van der Waals surface area contributed by atoms with E-state index in [0.717, 1.165) is 41.1 Å². The van der Waals surface area contributed by atoms with Gasteiger partial charge < -0.3 is 14.6 Å². The van der Waals surface area contributed by atoms with Crippen LogP contribution in [0, 0.1) is 19.7 Å². The number of urea groups is 1. The van der Waals surface area contributed by atoms with E-state index < -0.39 is 24.1 Å². The van der Waals surface area contributed by atoms with Crippen molar-refractivity contribution in [1.29, 1.82) is 0 Å². The molecule has 2 heterocycles. The highest BCUT2D eigenvalue weighted by molar-refractivity contribution is 6.07. The Hall–Kier alpha value is -3.49. The van der Waals surface area contributed by atoms with Crippen LogP contribution in [0.25, 0.3) is 0 Å². The van der Waals surface area contributed by atoms with Crippen molar-refractivity contribution in [2.24, 2.45) is 0 Å². The Morgan fingerprint density at radius 3 is 2.46 bits per heavy atom. The first-order valence-corrected chi connectivity index (χ1v) is 11.9. The summed E-state index contributed by atoms with van der Waals surface area (Å²) in [5.41, 5.74) is 2.10. The van der Waals surface area contributed by atoms with Gasteiger partial charge >= 0.3 is 12.0 Å². The molecule has 0 radical (unpaired) electrons. The molecule has 1 aliphatic carbocycles. The molecule has 1 aromatic heterocycles. The molecule has 0 unspecified atom stereocenters. The summed E-state index contributed by atoms with van der Waals surface area (Å²) in [6.07, 6.45) is 3.87. The number of aromatic nitrogens is 1. The van der Waals surface area contributed by atoms with Gasteiger partial charge in [-0.05, 0) is 50.5 Å². The highest BCUT2D eigenvalue weighted by atomic mass is 19.1. The molecule has 0 atom stereocenters. The van der Waals surface area contributed by atoms with Crippen molar-refractivity contribution in [3.63, 3.8) is 0 Å². The van der Waals surface area contributed by atoms with Crippen molar-refractivity contribution in [1.82, 2.24) is 14.8 Å². The number of amides is 3. The number of rotatable bonds is 8. The maximum atomic E-state index is 13.2. The first kappa shape index (κ1) is 24.6. The third-order valence-electron chi connectivity index (χ3n) is 6.98. The summed E-state index contributed by atoms with van der Waals surface area (Å²) in [5.74, 6) is -1.58. The van der Waals surface area contributed by atoms with Crippen LogP contribution in [0.15, 0.2) is 30.3 Å². The van der Waals surface area contributed by atoms with Crippen LogP contribution in [0.5, 0.6) is 0 Å². The van der Waals surface area contributed by atoms with Crippen molar-refractivity contribution in [2.45, 2.75) is 64.5 Å². The summed E-state index contributed by atoms with van der Waals surface area (Å²) in [4.78, 5) is 51.2. The topological polar surface area (TPSA) is 97.7 Å². The quantitative estimate of drug-likeness (QED) is 0.351. The molecule has 0 bridgehead atoms. The molecular weight excluding hydrogens is 453 g/mol. The fourth-order valence-corrected chi connectivity index (χ4v) is 4.97. The molecule has 2 fully saturated rings. The lowest BCUT2D eigenvalue weighted by Crippen LogP contribution is -2.48. The number of carbonyl (C=O) groups excluding carboxylic acids is 4. The van der Waals surface area contributed by atoms with E-state index in [0.29, 0.717) is 24.9 Å². The summed E-state index contributed by atoms with van der Waals surface area (Å²) in [6.45, 7) is 3.66. The maximum absolute atomic E-state index is 13.2. The van der Waals surface area contributed by atoms with Gasteiger partial charge in [-0.3, -0.25) is 19.3 Å². The van der Waals surface area contributed by atoms with E-state index in [1.165, 1.54) is 12.1 Å². The van der Waals surface area contributed by atoms with Gasteiger partial charge in [-0.25, -0.2) is 9.18 Å². The molecule has 35 heavy (non-hydrogen) atoms. The molecule has 186 valence electrons. The standard InChI is InChI=1S/C26H30FN3O5/c1-17-14-21(18(2)30(17)15-19-6-8-20(27)9-7-19)22(31)16-35-23(32)10-13-29-24(33)26(28-25(29)34)11-4-3-5-12-26/h6-9,14H,3-5,10-13,15-16H2,1-2H3,(H,28,34). The van der Waals surface area contributed by atoms with E-state index in [-0.39, 0.29) is 30.5 Å². The highest BCUT2D eigenvalue weighted by Crippen LogP contribution is 2.33. The zero-order valence-corrected chi connectivity index (χ0v) is 20.1. The summed E-state index contributed by atoms with van der Waals surface area (Å²) in [5, 5.41) is 2.81. The summed E-state index contributed by atoms with van der Waals surface area (Å²) < 4.78 is 20.3. The van der Waals surface area contributed by atoms with Gasteiger partial charge in [-0.15, -0.1) is 0 Å². The van der Waals surface area contributed by atoms with Crippen LogP contribution in [-0.4, -0.2) is 51.8 Å². The zero-order valence-electron chi connectivity index (χ0n) is 20.1. The van der Waals surface area contributed by atoms with Crippen LogP contribution in [-0.2, 0) is 20.9 Å². The van der Waals surface area contributed by atoms with Gasteiger partial charge in [0.25, 0.3) is 5.91 Å². The van der Waals surface area contributed by atoms with Crippen LogP contribution in [0.3, 0.4) is 0 Å². The predicted octanol–water partition coefficient (Wildman–Crippen LogP) is 3.66. The van der Waals surface area contributed by atoms with Crippen molar-refractivity contribution in [3.05, 3.63) is 58.7 Å². The number of carbonyl (C=O) groups is 4. The van der Waals surface area contributed by atoms with E-state index in [1.54, 1.807) is 18.2 Å². The maximum Gasteiger partial charge on any atom is 0.325 e. The molecule has 2 aliphatic rings. The highest BCUT2D eigenvalue weighted by Gasteiger charge is 2.51. The molecule has 3 amide bonds. The first-order valence-electron chi connectivity index (χ1n) is 11.9. The second-order valence-electron chi connectivity index (χ2n) is 9.36. The minimum absolute atomic E-state index is 0.0778. The van der Waals surface area contributed by atoms with Crippen LogP contribution >= 0.6 is 0 Å². The van der Waals surface area contributed by atoms with E-state index in [2.05, 4.69) is 5.32 Å². The average molecular weight is 484 g/mol. The third-order valence-corrected chi connectivity index (χ3v) is 6.98. The third kappa shape index (κ3) is 5.13.